The molecule has 10 nitrogen and oxygen atoms in total. The summed E-state index contributed by atoms with van der Waals surface area (Å²) in [5.41, 5.74) is 3.44. The monoisotopic (exact) mass is 346 g/mol. The lowest BCUT2D eigenvalue weighted by Gasteiger charge is -2.08. The third kappa shape index (κ3) is 4.19. The van der Waals surface area contributed by atoms with Crippen molar-refractivity contribution in [2.45, 2.75) is 0 Å². The number of benzene rings is 2. The number of nitro groups is 2. The molecule has 0 atom stereocenters. The minimum Gasteiger partial charge on any atom is -0.496 e. The molecule has 2 aromatic rings. The van der Waals surface area contributed by atoms with Crippen LogP contribution in [-0.4, -0.2) is 30.3 Å². The first-order valence-corrected chi connectivity index (χ1v) is 6.90. The second-order valence-electron chi connectivity index (χ2n) is 4.70. The van der Waals surface area contributed by atoms with E-state index < -0.39 is 9.85 Å². The SMILES string of the molecule is COc1cc([N+](=O)[O-])c(OC)cc1/C=N\Nc1ccc([N+](=O)[O-])cc1. The predicted octanol–water partition coefficient (Wildman–Crippen LogP) is 2.97. The summed E-state index contributed by atoms with van der Waals surface area (Å²) in [4.78, 5) is 20.5. The number of nitrogens with one attached hydrogen (secondary N) is 1. The molecular weight excluding hydrogens is 332 g/mol. The van der Waals surface area contributed by atoms with Crippen LogP contribution >= 0.6 is 0 Å². The Bertz CT molecular complexity index is 820. The highest BCUT2D eigenvalue weighted by atomic mass is 16.6. The number of hydrogen-bond acceptors (Lipinski definition) is 8. The molecular formula is C15H14N4O6. The van der Waals surface area contributed by atoms with Gasteiger partial charge in [-0.05, 0) is 18.2 Å². The number of ether oxygens (including phenoxy) is 2. The summed E-state index contributed by atoms with van der Waals surface area (Å²) in [7, 11) is 2.71. The van der Waals surface area contributed by atoms with Gasteiger partial charge in [0.2, 0.25) is 0 Å². The summed E-state index contributed by atoms with van der Waals surface area (Å²) in [6.07, 6.45) is 1.40. The quantitative estimate of drug-likeness (QED) is 0.463. The van der Waals surface area contributed by atoms with Crippen LogP contribution in [0.25, 0.3) is 0 Å². The highest BCUT2D eigenvalue weighted by Crippen LogP contribution is 2.33. The van der Waals surface area contributed by atoms with Crippen LogP contribution in [0.4, 0.5) is 17.1 Å². The molecule has 0 saturated heterocycles. The van der Waals surface area contributed by atoms with Crippen LogP contribution in [0.3, 0.4) is 0 Å². The van der Waals surface area contributed by atoms with E-state index in [1.807, 2.05) is 0 Å². The van der Waals surface area contributed by atoms with Gasteiger partial charge in [-0.15, -0.1) is 0 Å². The average molecular weight is 346 g/mol. The van der Waals surface area contributed by atoms with Crippen LogP contribution in [-0.2, 0) is 0 Å². The molecule has 0 aliphatic rings. The Hall–Kier alpha value is -3.69. The molecule has 0 unspecified atom stereocenters. The summed E-state index contributed by atoms with van der Waals surface area (Å²) in [5, 5.41) is 25.6. The van der Waals surface area contributed by atoms with E-state index in [0.717, 1.165) is 0 Å². The number of nitrogens with zero attached hydrogens (tertiary/aromatic N) is 3. The lowest BCUT2D eigenvalue weighted by atomic mass is 10.2. The highest BCUT2D eigenvalue weighted by Gasteiger charge is 2.18. The Morgan fingerprint density at radius 1 is 1.00 bits per heavy atom. The van der Waals surface area contributed by atoms with Gasteiger partial charge in [0.15, 0.2) is 5.75 Å². The molecule has 2 rings (SSSR count). The maximum absolute atomic E-state index is 11.0. The zero-order chi connectivity index (χ0) is 18.4. The summed E-state index contributed by atoms with van der Waals surface area (Å²) < 4.78 is 10.1. The van der Waals surface area contributed by atoms with Crippen molar-refractivity contribution in [3.63, 3.8) is 0 Å². The van der Waals surface area contributed by atoms with Crippen molar-refractivity contribution in [1.29, 1.82) is 0 Å². The van der Waals surface area contributed by atoms with E-state index in [-0.39, 0.29) is 22.9 Å². The van der Waals surface area contributed by atoms with Crippen LogP contribution in [0.15, 0.2) is 41.5 Å². The van der Waals surface area contributed by atoms with E-state index >= 15 is 0 Å². The molecule has 0 fully saturated rings. The van der Waals surface area contributed by atoms with Gasteiger partial charge in [0, 0.05) is 17.7 Å². The van der Waals surface area contributed by atoms with Gasteiger partial charge in [-0.2, -0.15) is 5.10 Å². The average Bonchev–Trinajstić information content (AvgIpc) is 2.61. The Balaban J connectivity index is 2.22. The summed E-state index contributed by atoms with van der Waals surface area (Å²) in [6.45, 7) is 0. The zero-order valence-electron chi connectivity index (χ0n) is 13.3. The van der Waals surface area contributed by atoms with E-state index in [2.05, 4.69) is 10.5 Å². The predicted molar refractivity (Wildman–Crippen MR) is 90.5 cm³/mol. The molecule has 0 amide bonds. The van der Waals surface area contributed by atoms with Crippen molar-refractivity contribution in [2.75, 3.05) is 19.6 Å². The molecule has 0 radical (unpaired) electrons. The molecule has 0 aromatic heterocycles. The van der Waals surface area contributed by atoms with Crippen molar-refractivity contribution in [3.05, 3.63) is 62.2 Å². The Morgan fingerprint density at radius 2 is 1.64 bits per heavy atom. The normalized spacial score (nSPS) is 10.5. The first-order valence-electron chi connectivity index (χ1n) is 6.90. The molecule has 0 spiro atoms. The number of methoxy groups -OCH3 is 2. The van der Waals surface area contributed by atoms with E-state index in [0.29, 0.717) is 11.3 Å². The molecule has 0 aliphatic heterocycles. The molecule has 0 bridgehead atoms. The van der Waals surface area contributed by atoms with Crippen LogP contribution in [0.2, 0.25) is 0 Å². The van der Waals surface area contributed by atoms with Gasteiger partial charge in [-0.3, -0.25) is 25.7 Å². The number of hydrazone groups is 1. The Kier molecular flexibility index (Phi) is 5.46. The molecule has 25 heavy (non-hydrogen) atoms. The standard InChI is InChI=1S/C15H14N4O6/c1-24-14-8-13(19(22)23)15(25-2)7-10(14)9-16-17-11-3-5-12(6-4-11)18(20)21/h3-9,17H,1-2H3/b16-9-. The van der Waals surface area contributed by atoms with Crippen molar-refractivity contribution < 1.29 is 19.3 Å². The fourth-order valence-electron chi connectivity index (χ4n) is 1.98. The van der Waals surface area contributed by atoms with Crippen molar-refractivity contribution in [3.8, 4) is 11.5 Å². The summed E-state index contributed by atoms with van der Waals surface area (Å²) >= 11 is 0. The first kappa shape index (κ1) is 17.7. The van der Waals surface area contributed by atoms with Gasteiger partial charge in [0.1, 0.15) is 5.75 Å². The fourth-order valence-corrected chi connectivity index (χ4v) is 1.98. The van der Waals surface area contributed by atoms with Gasteiger partial charge in [0.25, 0.3) is 5.69 Å². The van der Waals surface area contributed by atoms with Gasteiger partial charge in [-0.1, -0.05) is 0 Å². The molecule has 10 heteroatoms. The largest absolute Gasteiger partial charge is 0.496 e. The Labute approximate surface area is 142 Å². The fraction of sp³-hybridized carbons (Fsp3) is 0.133. The van der Waals surface area contributed by atoms with Crippen LogP contribution < -0.4 is 14.9 Å². The Morgan fingerprint density at radius 3 is 2.16 bits per heavy atom. The molecule has 0 saturated carbocycles. The molecule has 0 aliphatic carbocycles. The summed E-state index contributed by atoms with van der Waals surface area (Å²) in [5.74, 6) is 0.323. The second-order valence-corrected chi connectivity index (χ2v) is 4.70. The third-order valence-electron chi connectivity index (χ3n) is 3.20. The topological polar surface area (TPSA) is 129 Å². The van der Waals surface area contributed by atoms with E-state index in [9.17, 15) is 20.2 Å². The van der Waals surface area contributed by atoms with Gasteiger partial charge in [-0.25, -0.2) is 0 Å². The van der Waals surface area contributed by atoms with Crippen molar-refractivity contribution in [1.82, 2.24) is 0 Å². The van der Waals surface area contributed by atoms with Crippen LogP contribution in [0.1, 0.15) is 5.56 Å². The summed E-state index contributed by atoms with van der Waals surface area (Å²) in [6, 6.07) is 8.36. The van der Waals surface area contributed by atoms with Crippen LogP contribution in [0.5, 0.6) is 11.5 Å². The van der Waals surface area contributed by atoms with E-state index in [4.69, 9.17) is 9.47 Å². The van der Waals surface area contributed by atoms with Gasteiger partial charge in [0.05, 0.1) is 42.0 Å². The molecule has 1 N–H and O–H groups in total. The number of hydrogen-bond donors (Lipinski definition) is 1. The molecule has 0 heterocycles. The maximum Gasteiger partial charge on any atom is 0.314 e. The van der Waals surface area contributed by atoms with Gasteiger partial charge >= 0.3 is 5.69 Å². The minimum absolute atomic E-state index is 0.0312. The zero-order valence-corrected chi connectivity index (χ0v) is 13.3. The number of non-ortho nitro benzene ring substituents is 1. The van der Waals surface area contributed by atoms with Crippen molar-refractivity contribution >= 4 is 23.3 Å². The smallest absolute Gasteiger partial charge is 0.314 e. The molecule has 2 aromatic carbocycles. The van der Waals surface area contributed by atoms with Crippen LogP contribution in [0, 0.1) is 20.2 Å². The number of rotatable bonds is 7. The highest BCUT2D eigenvalue weighted by molar-refractivity contribution is 5.86. The van der Waals surface area contributed by atoms with E-state index in [1.54, 1.807) is 0 Å². The second kappa shape index (κ2) is 7.73. The van der Waals surface area contributed by atoms with Gasteiger partial charge < -0.3 is 9.47 Å². The third-order valence-corrected chi connectivity index (χ3v) is 3.20. The first-order chi connectivity index (χ1) is 12.0. The van der Waals surface area contributed by atoms with E-state index in [1.165, 1.54) is 56.8 Å². The number of nitro benzene ring substituents is 2. The van der Waals surface area contributed by atoms with Crippen molar-refractivity contribution in [2.24, 2.45) is 5.10 Å². The lowest BCUT2D eigenvalue weighted by Crippen LogP contribution is -1.99. The maximum atomic E-state index is 11.0. The number of anilines is 1. The molecule has 130 valence electrons. The lowest BCUT2D eigenvalue weighted by molar-refractivity contribution is -0.385. The minimum atomic E-state index is -0.572.